The Morgan fingerprint density at radius 3 is 2.63 bits per heavy atom. The molecule has 1 aromatic heterocycles. The summed E-state index contributed by atoms with van der Waals surface area (Å²) in [7, 11) is 0. The molecule has 8 nitrogen and oxygen atoms in total. The number of rotatable bonds is 4. The molecule has 27 heavy (non-hydrogen) atoms. The first kappa shape index (κ1) is 19.3. The van der Waals surface area contributed by atoms with Crippen LogP contribution in [0.5, 0.6) is 0 Å². The van der Waals surface area contributed by atoms with Gasteiger partial charge in [0.1, 0.15) is 0 Å². The smallest absolute Gasteiger partial charge is 0.361 e. The van der Waals surface area contributed by atoms with Crippen molar-refractivity contribution in [2.24, 2.45) is 0 Å². The molecule has 2 atom stereocenters. The first-order valence-corrected chi connectivity index (χ1v) is 9.01. The molecule has 0 bridgehead atoms. The summed E-state index contributed by atoms with van der Waals surface area (Å²) in [5.41, 5.74) is 1.09. The van der Waals surface area contributed by atoms with Gasteiger partial charge in [-0.15, -0.1) is 5.10 Å². The summed E-state index contributed by atoms with van der Waals surface area (Å²) >= 11 is 5.97. The number of aromatic nitrogens is 3. The number of amides is 1. The molecule has 144 valence electrons. The number of hydrogen-bond donors (Lipinski definition) is 0. The lowest BCUT2D eigenvalue weighted by Crippen LogP contribution is -2.49. The average molecular weight is 393 g/mol. The fourth-order valence-corrected chi connectivity index (χ4v) is 3.14. The van der Waals surface area contributed by atoms with Gasteiger partial charge in [-0.05, 0) is 39.0 Å². The Morgan fingerprint density at radius 1 is 1.26 bits per heavy atom. The number of carbonyl (C=O) groups excluding carboxylic acids is 2. The van der Waals surface area contributed by atoms with E-state index in [9.17, 15) is 9.59 Å². The standard InChI is InChI=1S/C18H21ClN4O4/c1-11-8-22(9-12(2)27-11)16(24)10-26-18(25)17-13(3)20-23(21-17)15-6-4-5-14(19)7-15/h4-7,11-12H,8-10H2,1-3H3/t11-,12-/m0/s1. The van der Waals surface area contributed by atoms with Crippen molar-refractivity contribution in [1.82, 2.24) is 19.9 Å². The van der Waals surface area contributed by atoms with E-state index in [1.807, 2.05) is 13.8 Å². The van der Waals surface area contributed by atoms with Gasteiger partial charge in [0, 0.05) is 18.1 Å². The second-order valence-electron chi connectivity index (χ2n) is 6.54. The predicted octanol–water partition coefficient (Wildman–Crippen LogP) is 2.02. The zero-order valence-electron chi connectivity index (χ0n) is 15.4. The van der Waals surface area contributed by atoms with E-state index in [1.54, 1.807) is 36.1 Å². The molecule has 0 spiro atoms. The molecule has 1 saturated heterocycles. The van der Waals surface area contributed by atoms with E-state index in [0.29, 0.717) is 29.5 Å². The van der Waals surface area contributed by atoms with E-state index in [0.717, 1.165) is 0 Å². The van der Waals surface area contributed by atoms with E-state index >= 15 is 0 Å². The molecule has 1 aliphatic heterocycles. The third kappa shape index (κ3) is 4.64. The van der Waals surface area contributed by atoms with Gasteiger partial charge in [0.15, 0.2) is 12.3 Å². The number of benzene rings is 1. The Bertz CT molecular complexity index is 844. The number of morpholine rings is 1. The number of carbonyl (C=O) groups is 2. The Kier molecular flexibility index (Phi) is 5.76. The molecule has 1 amide bonds. The van der Waals surface area contributed by atoms with Crippen molar-refractivity contribution in [3.63, 3.8) is 0 Å². The normalized spacial score (nSPS) is 19.8. The van der Waals surface area contributed by atoms with Crippen LogP contribution in [-0.2, 0) is 14.3 Å². The summed E-state index contributed by atoms with van der Waals surface area (Å²) in [6, 6.07) is 6.94. The van der Waals surface area contributed by atoms with Crippen LogP contribution in [0.15, 0.2) is 24.3 Å². The number of hydrogen-bond acceptors (Lipinski definition) is 6. The highest BCUT2D eigenvalue weighted by Crippen LogP contribution is 2.15. The maximum absolute atomic E-state index is 12.3. The van der Waals surface area contributed by atoms with E-state index in [2.05, 4.69) is 10.2 Å². The summed E-state index contributed by atoms with van der Waals surface area (Å²) in [5, 5.41) is 8.91. The van der Waals surface area contributed by atoms with Crippen molar-refractivity contribution >= 4 is 23.5 Å². The Hall–Kier alpha value is -2.45. The lowest BCUT2D eigenvalue weighted by atomic mass is 10.2. The molecule has 0 saturated carbocycles. The molecular formula is C18H21ClN4O4. The van der Waals surface area contributed by atoms with E-state index in [-0.39, 0.29) is 30.4 Å². The van der Waals surface area contributed by atoms with Gasteiger partial charge >= 0.3 is 5.97 Å². The third-order valence-electron chi connectivity index (χ3n) is 4.11. The molecule has 1 aromatic carbocycles. The van der Waals surface area contributed by atoms with E-state index in [1.165, 1.54) is 4.80 Å². The first-order valence-electron chi connectivity index (χ1n) is 8.63. The Morgan fingerprint density at radius 2 is 1.96 bits per heavy atom. The molecular weight excluding hydrogens is 372 g/mol. The molecule has 1 fully saturated rings. The minimum Gasteiger partial charge on any atom is -0.451 e. The molecule has 2 aromatic rings. The number of aryl methyl sites for hydroxylation is 1. The maximum Gasteiger partial charge on any atom is 0.361 e. The van der Waals surface area contributed by atoms with Crippen molar-refractivity contribution in [1.29, 1.82) is 0 Å². The van der Waals surface area contributed by atoms with Gasteiger partial charge in [0.2, 0.25) is 0 Å². The first-order chi connectivity index (χ1) is 12.8. The minimum absolute atomic E-state index is 0.0479. The van der Waals surface area contributed by atoms with Gasteiger partial charge in [-0.3, -0.25) is 4.79 Å². The number of nitrogens with zero attached hydrogens (tertiary/aromatic N) is 4. The fraction of sp³-hybridized carbons (Fsp3) is 0.444. The Labute approximate surface area is 162 Å². The van der Waals surface area contributed by atoms with Crippen molar-refractivity contribution in [2.45, 2.75) is 33.0 Å². The summed E-state index contributed by atoms with van der Waals surface area (Å²) in [6.07, 6.45) is -0.0958. The molecule has 3 rings (SSSR count). The van der Waals surface area contributed by atoms with Gasteiger partial charge in [-0.25, -0.2) is 4.79 Å². The molecule has 2 heterocycles. The predicted molar refractivity (Wildman–Crippen MR) is 98.0 cm³/mol. The highest BCUT2D eigenvalue weighted by atomic mass is 35.5. The SMILES string of the molecule is Cc1nn(-c2cccc(Cl)c2)nc1C(=O)OCC(=O)N1C[C@H](C)O[C@@H](C)C1. The van der Waals surface area contributed by atoms with Gasteiger partial charge in [0.25, 0.3) is 5.91 Å². The van der Waals surface area contributed by atoms with Crippen LogP contribution < -0.4 is 0 Å². The second kappa shape index (κ2) is 8.06. The summed E-state index contributed by atoms with van der Waals surface area (Å²) < 4.78 is 10.8. The van der Waals surface area contributed by atoms with Gasteiger partial charge in [-0.1, -0.05) is 17.7 Å². The highest BCUT2D eigenvalue weighted by Gasteiger charge is 2.27. The summed E-state index contributed by atoms with van der Waals surface area (Å²) in [4.78, 5) is 27.6. The second-order valence-corrected chi connectivity index (χ2v) is 6.97. The van der Waals surface area contributed by atoms with Gasteiger partial charge in [-0.2, -0.15) is 9.90 Å². The van der Waals surface area contributed by atoms with Crippen LogP contribution in [0.4, 0.5) is 0 Å². The molecule has 1 aliphatic rings. The lowest BCUT2D eigenvalue weighted by molar-refractivity contribution is -0.146. The average Bonchev–Trinajstić information content (AvgIpc) is 3.00. The molecule has 9 heteroatoms. The summed E-state index contributed by atoms with van der Waals surface area (Å²) in [5.74, 6) is -0.950. The highest BCUT2D eigenvalue weighted by molar-refractivity contribution is 6.30. The minimum atomic E-state index is -0.691. The van der Waals surface area contributed by atoms with Crippen molar-refractivity contribution in [3.05, 3.63) is 40.7 Å². The number of ether oxygens (including phenoxy) is 2. The third-order valence-corrected chi connectivity index (χ3v) is 4.35. The van der Waals surface area contributed by atoms with Crippen LogP contribution >= 0.6 is 11.6 Å². The van der Waals surface area contributed by atoms with Crippen LogP contribution in [0.2, 0.25) is 5.02 Å². The summed E-state index contributed by atoms with van der Waals surface area (Å²) in [6.45, 7) is 6.06. The monoisotopic (exact) mass is 392 g/mol. The molecule has 0 radical (unpaired) electrons. The zero-order valence-corrected chi connectivity index (χ0v) is 16.1. The van der Waals surface area contributed by atoms with Crippen molar-refractivity contribution < 1.29 is 19.1 Å². The van der Waals surface area contributed by atoms with Crippen LogP contribution in [0, 0.1) is 6.92 Å². The lowest BCUT2D eigenvalue weighted by Gasteiger charge is -2.35. The van der Waals surface area contributed by atoms with Crippen LogP contribution in [-0.4, -0.2) is 63.7 Å². The Balaban J connectivity index is 1.64. The molecule has 0 aliphatic carbocycles. The van der Waals surface area contributed by atoms with E-state index < -0.39 is 5.97 Å². The van der Waals surface area contributed by atoms with Gasteiger partial charge in [0.05, 0.1) is 23.6 Å². The topological polar surface area (TPSA) is 86.6 Å². The largest absolute Gasteiger partial charge is 0.451 e. The van der Waals surface area contributed by atoms with Crippen LogP contribution in [0.1, 0.15) is 30.0 Å². The van der Waals surface area contributed by atoms with Crippen LogP contribution in [0.3, 0.4) is 0 Å². The van der Waals surface area contributed by atoms with Crippen LogP contribution in [0.25, 0.3) is 5.69 Å². The number of esters is 1. The maximum atomic E-state index is 12.3. The molecule has 0 N–H and O–H groups in total. The molecule has 0 unspecified atom stereocenters. The zero-order chi connectivity index (χ0) is 19.6. The van der Waals surface area contributed by atoms with E-state index in [4.69, 9.17) is 21.1 Å². The van der Waals surface area contributed by atoms with Crippen molar-refractivity contribution in [3.8, 4) is 5.69 Å². The fourth-order valence-electron chi connectivity index (χ4n) is 2.95. The van der Waals surface area contributed by atoms with Gasteiger partial charge < -0.3 is 14.4 Å². The number of halogens is 1. The van der Waals surface area contributed by atoms with Crippen molar-refractivity contribution in [2.75, 3.05) is 19.7 Å². The quantitative estimate of drug-likeness (QED) is 0.740.